The molecule has 2 aromatic carbocycles. The number of hydrogen-bond donors (Lipinski definition) is 1. The minimum absolute atomic E-state index is 0.103. The Labute approximate surface area is 157 Å². The Balaban J connectivity index is 1.38. The molecule has 0 aliphatic carbocycles. The van der Waals surface area contributed by atoms with Gasteiger partial charge in [0.25, 0.3) is 5.91 Å². The summed E-state index contributed by atoms with van der Waals surface area (Å²) in [7, 11) is 0. The van der Waals surface area contributed by atoms with E-state index >= 15 is 0 Å². The lowest BCUT2D eigenvalue weighted by Gasteiger charge is -2.07. The molecule has 0 aliphatic heterocycles. The predicted octanol–water partition coefficient (Wildman–Crippen LogP) is 3.86. The number of nitrogens with one attached hydrogen (secondary N) is 1. The molecule has 0 fully saturated rings. The lowest BCUT2D eigenvalue weighted by atomic mass is 10.0. The fraction of sp³-hybridized carbons (Fsp3) is 0.0455. The van der Waals surface area contributed by atoms with Gasteiger partial charge in [-0.1, -0.05) is 48.5 Å². The van der Waals surface area contributed by atoms with Crippen LogP contribution in [0.3, 0.4) is 0 Å². The minimum Gasteiger partial charge on any atom is -0.348 e. The van der Waals surface area contributed by atoms with E-state index in [0.717, 1.165) is 22.5 Å². The van der Waals surface area contributed by atoms with Crippen LogP contribution < -0.4 is 5.32 Å². The van der Waals surface area contributed by atoms with Crippen molar-refractivity contribution in [1.82, 2.24) is 19.9 Å². The van der Waals surface area contributed by atoms with Gasteiger partial charge in [-0.25, -0.2) is 9.97 Å². The number of benzene rings is 2. The number of aromatic nitrogens is 3. The molecule has 0 saturated heterocycles. The van der Waals surface area contributed by atoms with E-state index in [1.165, 1.54) is 0 Å². The number of carbonyl (C=O) groups excluding carboxylic acids is 1. The number of carbonyl (C=O) groups is 1. The van der Waals surface area contributed by atoms with Gasteiger partial charge >= 0.3 is 0 Å². The molecule has 0 radical (unpaired) electrons. The zero-order valence-corrected chi connectivity index (χ0v) is 14.6. The third-order valence-electron chi connectivity index (χ3n) is 4.29. The number of hydrogen-bond acceptors (Lipinski definition) is 3. The van der Waals surface area contributed by atoms with E-state index in [4.69, 9.17) is 0 Å². The smallest absolute Gasteiger partial charge is 0.251 e. The van der Waals surface area contributed by atoms with Crippen LogP contribution in [-0.2, 0) is 6.54 Å². The Morgan fingerprint density at radius 3 is 2.37 bits per heavy atom. The molecule has 0 unspecified atom stereocenters. The van der Waals surface area contributed by atoms with Gasteiger partial charge in [-0.2, -0.15) is 0 Å². The summed E-state index contributed by atoms with van der Waals surface area (Å²) in [6.45, 7) is 0.427. The van der Waals surface area contributed by atoms with E-state index in [1.54, 1.807) is 18.7 Å². The number of nitrogens with zero attached hydrogens (tertiary/aromatic N) is 3. The van der Waals surface area contributed by atoms with Crippen molar-refractivity contribution in [3.63, 3.8) is 0 Å². The van der Waals surface area contributed by atoms with E-state index in [9.17, 15) is 4.79 Å². The molecule has 0 spiro atoms. The van der Waals surface area contributed by atoms with E-state index in [2.05, 4.69) is 27.4 Å². The van der Waals surface area contributed by atoms with E-state index in [1.807, 2.05) is 65.4 Å². The zero-order valence-electron chi connectivity index (χ0n) is 14.6. The molecule has 2 aromatic heterocycles. The van der Waals surface area contributed by atoms with Crippen LogP contribution in [0.15, 0.2) is 91.6 Å². The van der Waals surface area contributed by atoms with Crippen molar-refractivity contribution in [2.75, 3.05) is 0 Å². The van der Waals surface area contributed by atoms with Crippen molar-refractivity contribution in [3.8, 4) is 16.9 Å². The van der Waals surface area contributed by atoms with Gasteiger partial charge in [0.2, 0.25) is 0 Å². The average Bonchev–Trinajstić information content (AvgIpc) is 3.28. The Morgan fingerprint density at radius 2 is 1.70 bits per heavy atom. The first kappa shape index (κ1) is 16.7. The number of rotatable bonds is 5. The number of pyridine rings is 1. The predicted molar refractivity (Wildman–Crippen MR) is 104 cm³/mol. The van der Waals surface area contributed by atoms with Gasteiger partial charge < -0.3 is 5.32 Å². The van der Waals surface area contributed by atoms with Crippen LogP contribution in [0, 0.1) is 0 Å². The van der Waals surface area contributed by atoms with E-state index in [0.29, 0.717) is 12.1 Å². The second kappa shape index (κ2) is 7.66. The normalized spacial score (nSPS) is 10.5. The standard InChI is InChI=1S/C22H18N4O/c27-22(20-9-7-19(8-10-20)18-4-2-1-3-5-18)25-15-17-6-11-21(24-14-17)26-13-12-23-16-26/h1-14,16H,15H2,(H,25,27). The first-order valence-corrected chi connectivity index (χ1v) is 8.66. The first-order valence-electron chi connectivity index (χ1n) is 8.66. The van der Waals surface area contributed by atoms with Crippen molar-refractivity contribution in [3.05, 3.63) is 103 Å². The van der Waals surface area contributed by atoms with Crippen molar-refractivity contribution >= 4 is 5.91 Å². The Kier molecular flexibility index (Phi) is 4.74. The number of imidazole rings is 1. The topological polar surface area (TPSA) is 59.8 Å². The average molecular weight is 354 g/mol. The molecule has 1 amide bonds. The zero-order chi connectivity index (χ0) is 18.5. The second-order valence-electron chi connectivity index (χ2n) is 6.12. The van der Waals surface area contributed by atoms with Gasteiger partial charge in [-0.15, -0.1) is 0 Å². The van der Waals surface area contributed by atoms with Crippen LogP contribution >= 0.6 is 0 Å². The molecule has 132 valence electrons. The molecule has 0 aliphatic rings. The summed E-state index contributed by atoms with van der Waals surface area (Å²) < 4.78 is 1.83. The lowest BCUT2D eigenvalue weighted by molar-refractivity contribution is 0.0951. The summed E-state index contributed by atoms with van der Waals surface area (Å²) in [6, 6.07) is 21.6. The maximum atomic E-state index is 12.4. The largest absolute Gasteiger partial charge is 0.348 e. The van der Waals surface area contributed by atoms with E-state index < -0.39 is 0 Å². The van der Waals surface area contributed by atoms with Gasteiger partial charge in [-0.05, 0) is 34.9 Å². The maximum absolute atomic E-state index is 12.4. The Bertz CT molecular complexity index is 1010. The summed E-state index contributed by atoms with van der Waals surface area (Å²) in [6.07, 6.45) is 7.00. The van der Waals surface area contributed by atoms with Crippen LogP contribution in [0.4, 0.5) is 0 Å². The molecule has 5 nitrogen and oxygen atoms in total. The molecule has 0 atom stereocenters. The molecular formula is C22H18N4O. The SMILES string of the molecule is O=C(NCc1ccc(-n2ccnc2)nc1)c1ccc(-c2ccccc2)cc1. The monoisotopic (exact) mass is 354 g/mol. The molecular weight excluding hydrogens is 336 g/mol. The van der Waals surface area contributed by atoms with Crippen molar-refractivity contribution < 1.29 is 4.79 Å². The highest BCUT2D eigenvalue weighted by Crippen LogP contribution is 2.19. The van der Waals surface area contributed by atoms with Crippen molar-refractivity contribution in [1.29, 1.82) is 0 Å². The summed E-state index contributed by atoms with van der Waals surface area (Å²) in [5.41, 5.74) is 3.80. The van der Waals surface area contributed by atoms with Crippen LogP contribution in [0.5, 0.6) is 0 Å². The first-order chi connectivity index (χ1) is 13.3. The number of amides is 1. The second-order valence-corrected chi connectivity index (χ2v) is 6.12. The molecule has 5 heteroatoms. The summed E-state index contributed by atoms with van der Waals surface area (Å²) in [4.78, 5) is 20.8. The molecule has 4 rings (SSSR count). The summed E-state index contributed by atoms with van der Waals surface area (Å²) in [5.74, 6) is 0.687. The molecule has 27 heavy (non-hydrogen) atoms. The van der Waals surface area contributed by atoms with Gasteiger partial charge in [0.15, 0.2) is 0 Å². The van der Waals surface area contributed by atoms with Crippen LogP contribution in [0.25, 0.3) is 16.9 Å². The van der Waals surface area contributed by atoms with Gasteiger partial charge in [-0.3, -0.25) is 9.36 Å². The molecule has 2 heterocycles. The third-order valence-corrected chi connectivity index (χ3v) is 4.29. The lowest BCUT2D eigenvalue weighted by Crippen LogP contribution is -2.22. The molecule has 0 bridgehead atoms. The minimum atomic E-state index is -0.103. The Morgan fingerprint density at radius 1 is 0.926 bits per heavy atom. The van der Waals surface area contributed by atoms with Crippen LogP contribution in [-0.4, -0.2) is 20.4 Å². The van der Waals surface area contributed by atoms with Gasteiger partial charge in [0.05, 0.1) is 0 Å². The van der Waals surface area contributed by atoms with Crippen LogP contribution in [0.2, 0.25) is 0 Å². The third kappa shape index (κ3) is 3.93. The highest BCUT2D eigenvalue weighted by atomic mass is 16.1. The van der Waals surface area contributed by atoms with E-state index in [-0.39, 0.29) is 5.91 Å². The fourth-order valence-electron chi connectivity index (χ4n) is 2.80. The van der Waals surface area contributed by atoms with Gasteiger partial charge in [0.1, 0.15) is 12.1 Å². The highest BCUT2D eigenvalue weighted by Gasteiger charge is 2.06. The summed E-state index contributed by atoms with van der Waals surface area (Å²) >= 11 is 0. The molecule has 4 aromatic rings. The summed E-state index contributed by atoms with van der Waals surface area (Å²) in [5, 5.41) is 2.93. The Hall–Kier alpha value is -3.73. The van der Waals surface area contributed by atoms with Crippen molar-refractivity contribution in [2.24, 2.45) is 0 Å². The molecule has 1 N–H and O–H groups in total. The quantitative estimate of drug-likeness (QED) is 0.592. The molecule has 0 saturated carbocycles. The highest BCUT2D eigenvalue weighted by molar-refractivity contribution is 5.94. The van der Waals surface area contributed by atoms with Crippen LogP contribution in [0.1, 0.15) is 15.9 Å². The van der Waals surface area contributed by atoms with Crippen molar-refractivity contribution in [2.45, 2.75) is 6.54 Å². The van der Waals surface area contributed by atoms with Gasteiger partial charge in [0, 0.05) is 30.7 Å². The fourth-order valence-corrected chi connectivity index (χ4v) is 2.80. The maximum Gasteiger partial charge on any atom is 0.251 e.